The number of hydrogen-bond acceptors (Lipinski definition) is 3. The zero-order chi connectivity index (χ0) is 11.3. The second-order valence-electron chi connectivity index (χ2n) is 3.11. The topological polar surface area (TPSA) is 59.0 Å². The zero-order valence-electron chi connectivity index (χ0n) is 8.95. The Labute approximate surface area is 89.8 Å². The van der Waals surface area contributed by atoms with Gasteiger partial charge in [0.25, 0.3) is 0 Å². The standard InChI is InChI=1S/C12H14N2O/c1-3-15-11-6-4-10(5-7-11)12(14)9(2)8-13/h4-7H,3,14H2,1-2H3/b12-9+. The van der Waals surface area contributed by atoms with Gasteiger partial charge in [-0.1, -0.05) is 0 Å². The first-order valence-electron chi connectivity index (χ1n) is 4.78. The molecule has 0 radical (unpaired) electrons. The summed E-state index contributed by atoms with van der Waals surface area (Å²) in [5.74, 6) is 0.809. The number of nitrogens with zero attached hydrogens (tertiary/aromatic N) is 1. The molecule has 0 aromatic heterocycles. The fourth-order valence-electron chi connectivity index (χ4n) is 1.17. The number of ether oxygens (including phenoxy) is 1. The van der Waals surface area contributed by atoms with E-state index >= 15 is 0 Å². The molecule has 0 unspecified atom stereocenters. The van der Waals surface area contributed by atoms with Crippen LogP contribution in [0.3, 0.4) is 0 Å². The molecule has 0 amide bonds. The van der Waals surface area contributed by atoms with Gasteiger partial charge in [-0.3, -0.25) is 0 Å². The second kappa shape index (κ2) is 5.06. The lowest BCUT2D eigenvalue weighted by molar-refractivity contribution is 0.340. The maximum atomic E-state index is 8.69. The molecule has 0 bridgehead atoms. The third kappa shape index (κ3) is 2.75. The summed E-state index contributed by atoms with van der Waals surface area (Å²) in [5, 5.41) is 8.69. The van der Waals surface area contributed by atoms with E-state index in [2.05, 4.69) is 0 Å². The van der Waals surface area contributed by atoms with Gasteiger partial charge < -0.3 is 10.5 Å². The van der Waals surface area contributed by atoms with Gasteiger partial charge in [-0.2, -0.15) is 5.26 Å². The Hall–Kier alpha value is -1.95. The number of rotatable bonds is 3. The van der Waals surface area contributed by atoms with Crippen LogP contribution in [-0.2, 0) is 0 Å². The Morgan fingerprint density at radius 1 is 1.40 bits per heavy atom. The van der Waals surface area contributed by atoms with Gasteiger partial charge in [-0.25, -0.2) is 0 Å². The molecule has 1 aromatic carbocycles. The molecule has 0 atom stereocenters. The first kappa shape index (κ1) is 11.1. The molecule has 3 nitrogen and oxygen atoms in total. The van der Waals surface area contributed by atoms with Crippen molar-refractivity contribution < 1.29 is 4.74 Å². The van der Waals surface area contributed by atoms with Crippen molar-refractivity contribution in [3.63, 3.8) is 0 Å². The third-order valence-electron chi connectivity index (χ3n) is 2.05. The van der Waals surface area contributed by atoms with Crippen LogP contribution < -0.4 is 10.5 Å². The summed E-state index contributed by atoms with van der Waals surface area (Å²) in [4.78, 5) is 0. The number of nitrogens with two attached hydrogens (primary N) is 1. The zero-order valence-corrected chi connectivity index (χ0v) is 8.95. The van der Waals surface area contributed by atoms with Crippen molar-refractivity contribution in [1.82, 2.24) is 0 Å². The summed E-state index contributed by atoms with van der Waals surface area (Å²) in [7, 11) is 0. The Bertz CT molecular complexity index is 399. The highest BCUT2D eigenvalue weighted by molar-refractivity contribution is 5.68. The first-order valence-corrected chi connectivity index (χ1v) is 4.78. The van der Waals surface area contributed by atoms with Gasteiger partial charge in [0.2, 0.25) is 0 Å². The second-order valence-corrected chi connectivity index (χ2v) is 3.11. The van der Waals surface area contributed by atoms with Crippen molar-refractivity contribution in [2.45, 2.75) is 13.8 Å². The predicted octanol–water partition coefficient (Wildman–Crippen LogP) is 2.30. The molecular weight excluding hydrogens is 188 g/mol. The minimum atomic E-state index is 0.514. The van der Waals surface area contributed by atoms with Crippen LogP contribution in [0.1, 0.15) is 19.4 Å². The molecule has 0 saturated carbocycles. The summed E-state index contributed by atoms with van der Waals surface area (Å²) >= 11 is 0. The lowest BCUT2D eigenvalue weighted by atomic mass is 10.1. The van der Waals surface area contributed by atoms with Gasteiger partial charge in [0.05, 0.1) is 18.4 Å². The molecule has 0 fully saturated rings. The van der Waals surface area contributed by atoms with Crippen LogP contribution in [0.15, 0.2) is 29.8 Å². The molecule has 2 N–H and O–H groups in total. The van der Waals surface area contributed by atoms with E-state index in [0.717, 1.165) is 11.3 Å². The molecule has 0 spiro atoms. The molecule has 0 aliphatic carbocycles. The highest BCUT2D eigenvalue weighted by atomic mass is 16.5. The van der Waals surface area contributed by atoms with Crippen molar-refractivity contribution in [1.29, 1.82) is 5.26 Å². The number of benzene rings is 1. The Kier molecular flexibility index (Phi) is 3.75. The van der Waals surface area contributed by atoms with E-state index in [1.54, 1.807) is 6.92 Å². The average molecular weight is 202 g/mol. The minimum Gasteiger partial charge on any atom is -0.494 e. The van der Waals surface area contributed by atoms with Crippen LogP contribution in [0.25, 0.3) is 5.70 Å². The maximum Gasteiger partial charge on any atom is 0.119 e. The highest BCUT2D eigenvalue weighted by Crippen LogP contribution is 2.17. The van der Waals surface area contributed by atoms with Crippen LogP contribution in [0.2, 0.25) is 0 Å². The molecule has 1 rings (SSSR count). The highest BCUT2D eigenvalue weighted by Gasteiger charge is 2.01. The molecule has 0 aliphatic rings. The summed E-state index contributed by atoms with van der Waals surface area (Å²) in [6, 6.07) is 9.41. The van der Waals surface area contributed by atoms with Crippen LogP contribution in [0, 0.1) is 11.3 Å². The van der Waals surface area contributed by atoms with Gasteiger partial charge in [0.15, 0.2) is 0 Å². The molecule has 15 heavy (non-hydrogen) atoms. The first-order chi connectivity index (χ1) is 7.19. The van der Waals surface area contributed by atoms with Crippen molar-refractivity contribution in [3.8, 4) is 11.8 Å². The van der Waals surface area contributed by atoms with E-state index in [0.29, 0.717) is 17.9 Å². The minimum absolute atomic E-state index is 0.514. The maximum absolute atomic E-state index is 8.69. The van der Waals surface area contributed by atoms with E-state index in [9.17, 15) is 0 Å². The predicted molar refractivity (Wildman–Crippen MR) is 60.0 cm³/mol. The lowest BCUT2D eigenvalue weighted by Crippen LogP contribution is -1.99. The van der Waals surface area contributed by atoms with Crippen LogP contribution in [0.5, 0.6) is 5.75 Å². The van der Waals surface area contributed by atoms with E-state index in [1.807, 2.05) is 37.3 Å². The average Bonchev–Trinajstić information content (AvgIpc) is 2.28. The van der Waals surface area contributed by atoms with E-state index in [-0.39, 0.29) is 0 Å². The van der Waals surface area contributed by atoms with Gasteiger partial charge >= 0.3 is 0 Å². The lowest BCUT2D eigenvalue weighted by Gasteiger charge is -2.05. The SMILES string of the molecule is CCOc1ccc(/C(N)=C(/C)C#N)cc1. The van der Waals surface area contributed by atoms with E-state index < -0.39 is 0 Å². The van der Waals surface area contributed by atoms with Gasteiger partial charge in [0, 0.05) is 5.57 Å². The number of nitriles is 1. The van der Waals surface area contributed by atoms with Crippen LogP contribution in [-0.4, -0.2) is 6.61 Å². The quantitative estimate of drug-likeness (QED) is 0.765. The van der Waals surface area contributed by atoms with Crippen molar-refractivity contribution >= 4 is 5.70 Å². The molecule has 0 heterocycles. The Morgan fingerprint density at radius 2 is 2.00 bits per heavy atom. The summed E-state index contributed by atoms with van der Waals surface area (Å²) in [6.45, 7) is 4.27. The van der Waals surface area contributed by atoms with Crippen molar-refractivity contribution in [2.75, 3.05) is 6.61 Å². The summed E-state index contributed by atoms with van der Waals surface area (Å²) in [5.41, 5.74) is 7.68. The number of hydrogen-bond donors (Lipinski definition) is 1. The number of allylic oxidation sites excluding steroid dienone is 1. The molecular formula is C12H14N2O. The van der Waals surface area contributed by atoms with Crippen molar-refractivity contribution in [2.24, 2.45) is 5.73 Å². The molecule has 78 valence electrons. The largest absolute Gasteiger partial charge is 0.494 e. The smallest absolute Gasteiger partial charge is 0.119 e. The summed E-state index contributed by atoms with van der Waals surface area (Å²) < 4.78 is 5.31. The fourth-order valence-corrected chi connectivity index (χ4v) is 1.17. The van der Waals surface area contributed by atoms with Gasteiger partial charge in [0.1, 0.15) is 5.75 Å². The fraction of sp³-hybridized carbons (Fsp3) is 0.250. The molecule has 3 heteroatoms. The van der Waals surface area contributed by atoms with Gasteiger partial charge in [-0.15, -0.1) is 0 Å². The monoisotopic (exact) mass is 202 g/mol. The molecule has 1 aromatic rings. The Morgan fingerprint density at radius 3 is 2.47 bits per heavy atom. The van der Waals surface area contributed by atoms with Crippen LogP contribution in [0.4, 0.5) is 0 Å². The molecule has 0 aliphatic heterocycles. The molecule has 0 saturated heterocycles. The van der Waals surface area contributed by atoms with Gasteiger partial charge in [-0.05, 0) is 43.7 Å². The normalized spacial score (nSPS) is 11.5. The van der Waals surface area contributed by atoms with Crippen LogP contribution >= 0.6 is 0 Å². The van der Waals surface area contributed by atoms with E-state index in [4.69, 9.17) is 15.7 Å². The Balaban J connectivity index is 2.95. The third-order valence-corrected chi connectivity index (χ3v) is 2.05. The van der Waals surface area contributed by atoms with Crippen molar-refractivity contribution in [3.05, 3.63) is 35.4 Å². The van der Waals surface area contributed by atoms with E-state index in [1.165, 1.54) is 0 Å². The summed E-state index contributed by atoms with van der Waals surface area (Å²) in [6.07, 6.45) is 0.